The van der Waals surface area contributed by atoms with Gasteiger partial charge in [-0.1, -0.05) is 18.2 Å². The summed E-state index contributed by atoms with van der Waals surface area (Å²) in [6.07, 6.45) is 1.45. The van der Waals surface area contributed by atoms with Crippen LogP contribution in [0.2, 0.25) is 0 Å². The molecule has 0 spiro atoms. The summed E-state index contributed by atoms with van der Waals surface area (Å²) >= 11 is 0. The second kappa shape index (κ2) is 6.60. The van der Waals surface area contributed by atoms with Crippen molar-refractivity contribution in [1.29, 1.82) is 0 Å². The van der Waals surface area contributed by atoms with Gasteiger partial charge in [0.15, 0.2) is 0 Å². The molecule has 0 saturated heterocycles. The zero-order valence-corrected chi connectivity index (χ0v) is 14.6. The van der Waals surface area contributed by atoms with Crippen LogP contribution in [0.25, 0.3) is 10.9 Å². The van der Waals surface area contributed by atoms with Gasteiger partial charge in [0.25, 0.3) is 10.0 Å². The summed E-state index contributed by atoms with van der Waals surface area (Å²) in [6.45, 7) is 1.67. The summed E-state index contributed by atoms with van der Waals surface area (Å²) in [5.41, 5.74) is 12.0. The Bertz CT molecular complexity index is 1130. The Morgan fingerprint density at radius 1 is 1.04 bits per heavy atom. The first kappa shape index (κ1) is 17.6. The van der Waals surface area contributed by atoms with Crippen LogP contribution in [0, 0.1) is 5.82 Å². The molecule has 0 amide bonds. The maximum absolute atomic E-state index is 13.1. The van der Waals surface area contributed by atoms with Crippen LogP contribution in [0.15, 0.2) is 69.8 Å². The number of fused-ring (bicyclic) bond motifs is 1. The zero-order valence-electron chi connectivity index (χ0n) is 13.8. The first-order chi connectivity index (χ1) is 12.3. The highest BCUT2D eigenvalue weighted by molar-refractivity contribution is 7.90. The van der Waals surface area contributed by atoms with Crippen molar-refractivity contribution in [2.24, 2.45) is 21.7 Å². The number of aromatic nitrogens is 1. The molecule has 9 heteroatoms. The van der Waals surface area contributed by atoms with Crippen LogP contribution < -0.4 is 11.5 Å². The number of hydrogen-bond donors (Lipinski definition) is 2. The van der Waals surface area contributed by atoms with Crippen LogP contribution in [0.5, 0.6) is 0 Å². The molecule has 4 N–H and O–H groups in total. The molecule has 134 valence electrons. The molecule has 0 aliphatic heterocycles. The number of para-hydroxylation sites is 1. The number of guanidine groups is 1. The fourth-order valence-electron chi connectivity index (χ4n) is 2.54. The summed E-state index contributed by atoms with van der Waals surface area (Å²) in [5, 5.41) is 8.20. The van der Waals surface area contributed by atoms with Crippen molar-refractivity contribution >= 4 is 32.6 Å². The molecule has 0 aliphatic carbocycles. The monoisotopic (exact) mass is 373 g/mol. The normalized spacial score (nSPS) is 12.3. The Morgan fingerprint density at radius 3 is 2.35 bits per heavy atom. The molecule has 3 rings (SSSR count). The Morgan fingerprint density at radius 2 is 1.69 bits per heavy atom. The molecule has 1 aromatic heterocycles. The fourth-order valence-corrected chi connectivity index (χ4v) is 3.91. The van der Waals surface area contributed by atoms with E-state index in [0.29, 0.717) is 22.2 Å². The average molecular weight is 373 g/mol. The van der Waals surface area contributed by atoms with Crippen molar-refractivity contribution in [2.75, 3.05) is 0 Å². The SMILES string of the molecule is C/C(=N/N=C(N)N)c1cn(S(=O)(=O)c2ccc(F)cc2)c2ccccc12. The van der Waals surface area contributed by atoms with Gasteiger partial charge in [-0.15, -0.1) is 5.10 Å². The molecule has 2 aromatic carbocycles. The Labute approximate surface area is 149 Å². The molecule has 3 aromatic rings. The van der Waals surface area contributed by atoms with E-state index in [4.69, 9.17) is 11.5 Å². The minimum atomic E-state index is -3.92. The summed E-state index contributed by atoms with van der Waals surface area (Å²) in [5.74, 6) is -0.714. The number of nitrogens with zero attached hydrogens (tertiary/aromatic N) is 3. The quantitative estimate of drug-likeness (QED) is 0.413. The molecule has 0 fully saturated rings. The van der Waals surface area contributed by atoms with Crippen LogP contribution >= 0.6 is 0 Å². The number of nitrogens with two attached hydrogens (primary N) is 2. The van der Waals surface area contributed by atoms with Crippen molar-refractivity contribution < 1.29 is 12.8 Å². The standard InChI is InChI=1S/C17H16FN5O2S/c1-11(21-22-17(19)20)15-10-23(16-5-3-2-4-14(15)16)26(24,25)13-8-6-12(18)7-9-13/h2-10H,1H3,(H4,19,20,22)/b21-11-. The first-order valence-corrected chi connectivity index (χ1v) is 8.99. The summed E-state index contributed by atoms with van der Waals surface area (Å²) in [4.78, 5) is -0.0231. The molecule has 0 atom stereocenters. The van der Waals surface area contributed by atoms with Crippen molar-refractivity contribution in [2.45, 2.75) is 11.8 Å². The second-order valence-corrected chi connectivity index (χ2v) is 7.34. The third kappa shape index (κ3) is 3.16. The van der Waals surface area contributed by atoms with Gasteiger partial charge in [0, 0.05) is 17.1 Å². The predicted molar refractivity (Wildman–Crippen MR) is 98.9 cm³/mol. The third-order valence-corrected chi connectivity index (χ3v) is 5.44. The van der Waals surface area contributed by atoms with Crippen molar-refractivity contribution in [3.63, 3.8) is 0 Å². The van der Waals surface area contributed by atoms with E-state index in [1.807, 2.05) is 0 Å². The van der Waals surface area contributed by atoms with E-state index in [1.165, 1.54) is 18.3 Å². The van der Waals surface area contributed by atoms with E-state index in [-0.39, 0.29) is 10.9 Å². The van der Waals surface area contributed by atoms with Crippen LogP contribution in [0.1, 0.15) is 12.5 Å². The first-order valence-electron chi connectivity index (χ1n) is 7.55. The molecule has 7 nitrogen and oxygen atoms in total. The maximum atomic E-state index is 13.1. The number of halogens is 1. The maximum Gasteiger partial charge on any atom is 0.268 e. The molecular formula is C17H16FN5O2S. The van der Waals surface area contributed by atoms with E-state index in [1.54, 1.807) is 31.2 Å². The molecule has 0 unspecified atom stereocenters. The lowest BCUT2D eigenvalue weighted by atomic mass is 10.1. The van der Waals surface area contributed by atoms with E-state index in [2.05, 4.69) is 10.2 Å². The highest BCUT2D eigenvalue weighted by atomic mass is 32.2. The van der Waals surface area contributed by atoms with Gasteiger partial charge in [-0.3, -0.25) is 0 Å². The van der Waals surface area contributed by atoms with Gasteiger partial charge < -0.3 is 11.5 Å². The van der Waals surface area contributed by atoms with E-state index >= 15 is 0 Å². The van der Waals surface area contributed by atoms with Crippen molar-refractivity contribution in [1.82, 2.24) is 3.97 Å². The summed E-state index contributed by atoms with van der Waals surface area (Å²) in [6, 6.07) is 11.6. The summed E-state index contributed by atoms with van der Waals surface area (Å²) in [7, 11) is -3.92. The second-order valence-electron chi connectivity index (χ2n) is 5.52. The van der Waals surface area contributed by atoms with Crippen LogP contribution in [-0.2, 0) is 10.0 Å². The smallest absolute Gasteiger partial charge is 0.268 e. The minimum Gasteiger partial charge on any atom is -0.369 e. The minimum absolute atomic E-state index is 0.0231. The fraction of sp³-hybridized carbons (Fsp3) is 0.0588. The van der Waals surface area contributed by atoms with E-state index in [9.17, 15) is 12.8 Å². The summed E-state index contributed by atoms with van der Waals surface area (Å²) < 4.78 is 40.3. The van der Waals surface area contributed by atoms with Crippen molar-refractivity contribution in [3.8, 4) is 0 Å². The van der Waals surface area contributed by atoms with E-state index < -0.39 is 15.8 Å². The molecule has 1 heterocycles. The van der Waals surface area contributed by atoms with Gasteiger partial charge in [0.2, 0.25) is 5.96 Å². The van der Waals surface area contributed by atoms with Gasteiger partial charge in [-0.2, -0.15) is 5.10 Å². The highest BCUT2D eigenvalue weighted by Crippen LogP contribution is 2.26. The Balaban J connectivity index is 2.23. The third-order valence-electron chi connectivity index (χ3n) is 3.75. The Kier molecular flexibility index (Phi) is 4.47. The number of hydrogen-bond acceptors (Lipinski definition) is 4. The molecule has 0 aliphatic rings. The lowest BCUT2D eigenvalue weighted by Gasteiger charge is -2.07. The Hall–Kier alpha value is -3.20. The molecule has 0 radical (unpaired) electrons. The largest absolute Gasteiger partial charge is 0.369 e. The van der Waals surface area contributed by atoms with Gasteiger partial charge in [-0.05, 0) is 37.3 Å². The lowest BCUT2D eigenvalue weighted by molar-refractivity contribution is 0.588. The van der Waals surface area contributed by atoms with Gasteiger partial charge in [0.1, 0.15) is 5.82 Å². The molecule has 26 heavy (non-hydrogen) atoms. The van der Waals surface area contributed by atoms with Crippen molar-refractivity contribution in [3.05, 3.63) is 66.1 Å². The topological polar surface area (TPSA) is 116 Å². The number of rotatable bonds is 4. The van der Waals surface area contributed by atoms with Crippen LogP contribution in [0.3, 0.4) is 0 Å². The molecule has 0 bridgehead atoms. The highest BCUT2D eigenvalue weighted by Gasteiger charge is 2.22. The molecule has 0 saturated carbocycles. The van der Waals surface area contributed by atoms with Gasteiger partial charge >= 0.3 is 0 Å². The zero-order chi connectivity index (χ0) is 18.9. The van der Waals surface area contributed by atoms with E-state index in [0.717, 1.165) is 16.1 Å². The van der Waals surface area contributed by atoms with Gasteiger partial charge in [-0.25, -0.2) is 16.8 Å². The van der Waals surface area contributed by atoms with Gasteiger partial charge in [0.05, 0.1) is 16.1 Å². The average Bonchev–Trinajstić information content (AvgIpc) is 3.00. The predicted octanol–water partition coefficient (Wildman–Crippen LogP) is 2.01. The lowest BCUT2D eigenvalue weighted by Crippen LogP contribution is -2.22. The number of benzene rings is 2. The van der Waals surface area contributed by atoms with Crippen LogP contribution in [0.4, 0.5) is 4.39 Å². The molecular weight excluding hydrogens is 357 g/mol. The van der Waals surface area contributed by atoms with Crippen LogP contribution in [-0.4, -0.2) is 24.1 Å².